The van der Waals surface area contributed by atoms with Crippen LogP contribution in [0.25, 0.3) is 0 Å². The standard InChI is InChI=1S/C7H8N2OS/c1-6(9-8-5-10)7-2-3-11-4-7/h2-5H,1H3,(H,8,10). The number of nitrogens with one attached hydrogen (secondary N) is 1. The summed E-state index contributed by atoms with van der Waals surface area (Å²) in [6.07, 6.45) is 0.551. The lowest BCUT2D eigenvalue weighted by Crippen LogP contribution is -2.05. The molecule has 0 saturated carbocycles. The molecule has 3 nitrogen and oxygen atoms in total. The van der Waals surface area contributed by atoms with E-state index in [0.717, 1.165) is 11.3 Å². The van der Waals surface area contributed by atoms with Crippen molar-refractivity contribution in [3.63, 3.8) is 0 Å². The van der Waals surface area contributed by atoms with Gasteiger partial charge in [0.05, 0.1) is 5.71 Å². The Labute approximate surface area is 68.7 Å². The number of carbonyl (C=O) groups excluding carboxylic acids is 1. The molecule has 0 aromatic carbocycles. The molecule has 1 aromatic heterocycles. The molecule has 1 rings (SSSR count). The SMILES string of the molecule is CC(=NNC=O)c1ccsc1. The molecule has 0 aliphatic rings. The number of carbonyl (C=O) groups is 1. The zero-order valence-corrected chi connectivity index (χ0v) is 6.89. The average molecular weight is 168 g/mol. The maximum Gasteiger partial charge on any atom is 0.227 e. The van der Waals surface area contributed by atoms with Gasteiger partial charge < -0.3 is 0 Å². The van der Waals surface area contributed by atoms with Gasteiger partial charge in [0.1, 0.15) is 0 Å². The molecule has 1 aromatic rings. The van der Waals surface area contributed by atoms with Gasteiger partial charge in [0.2, 0.25) is 6.41 Å². The minimum Gasteiger partial charge on any atom is -0.277 e. The molecule has 4 heteroatoms. The fourth-order valence-corrected chi connectivity index (χ4v) is 1.36. The number of amides is 1. The van der Waals surface area contributed by atoms with Crippen LogP contribution < -0.4 is 5.43 Å². The Bertz CT molecular complexity index is 253. The van der Waals surface area contributed by atoms with Crippen LogP contribution in [0.1, 0.15) is 12.5 Å². The van der Waals surface area contributed by atoms with Gasteiger partial charge in [0, 0.05) is 5.56 Å². The van der Waals surface area contributed by atoms with Crippen molar-refractivity contribution in [3.05, 3.63) is 22.4 Å². The topological polar surface area (TPSA) is 41.5 Å². The maximum atomic E-state index is 9.86. The van der Waals surface area contributed by atoms with Gasteiger partial charge in [-0.25, -0.2) is 5.43 Å². The molecule has 0 saturated heterocycles. The van der Waals surface area contributed by atoms with Gasteiger partial charge in [-0.05, 0) is 23.8 Å². The third-order valence-corrected chi connectivity index (χ3v) is 1.91. The molecule has 58 valence electrons. The highest BCUT2D eigenvalue weighted by Gasteiger charge is 1.94. The first-order valence-electron chi connectivity index (χ1n) is 3.10. The zero-order valence-electron chi connectivity index (χ0n) is 6.07. The van der Waals surface area contributed by atoms with E-state index in [0.29, 0.717) is 6.41 Å². The average Bonchev–Trinajstić information content (AvgIpc) is 2.52. The van der Waals surface area contributed by atoms with Crippen molar-refractivity contribution < 1.29 is 4.79 Å². The number of hydrogen-bond donors (Lipinski definition) is 1. The second kappa shape index (κ2) is 3.88. The number of hydrazone groups is 1. The van der Waals surface area contributed by atoms with E-state index in [4.69, 9.17) is 0 Å². The molecule has 0 aliphatic carbocycles. The molecule has 0 fully saturated rings. The van der Waals surface area contributed by atoms with Crippen LogP contribution in [0.2, 0.25) is 0 Å². The normalized spacial score (nSPS) is 11.2. The second-order valence-electron chi connectivity index (χ2n) is 1.96. The molecule has 0 spiro atoms. The molecule has 1 N–H and O–H groups in total. The highest BCUT2D eigenvalue weighted by atomic mass is 32.1. The van der Waals surface area contributed by atoms with Crippen molar-refractivity contribution in [1.29, 1.82) is 0 Å². The Balaban J connectivity index is 2.68. The van der Waals surface area contributed by atoms with Crippen LogP contribution >= 0.6 is 11.3 Å². The lowest BCUT2D eigenvalue weighted by atomic mass is 10.2. The van der Waals surface area contributed by atoms with E-state index in [9.17, 15) is 4.79 Å². The molecule has 0 bridgehead atoms. The van der Waals surface area contributed by atoms with Crippen LogP contribution in [0.4, 0.5) is 0 Å². The Morgan fingerprint density at radius 1 is 1.82 bits per heavy atom. The first-order chi connectivity index (χ1) is 5.34. The summed E-state index contributed by atoms with van der Waals surface area (Å²) in [5.41, 5.74) is 4.11. The summed E-state index contributed by atoms with van der Waals surface area (Å²) in [6.45, 7) is 1.85. The Kier molecular flexibility index (Phi) is 2.80. The quantitative estimate of drug-likeness (QED) is 0.411. The largest absolute Gasteiger partial charge is 0.277 e. The Hall–Kier alpha value is -1.16. The van der Waals surface area contributed by atoms with Gasteiger partial charge in [0.15, 0.2) is 0 Å². The van der Waals surface area contributed by atoms with E-state index >= 15 is 0 Å². The maximum absolute atomic E-state index is 9.86. The summed E-state index contributed by atoms with van der Waals surface area (Å²) in [5, 5.41) is 7.74. The minimum absolute atomic E-state index is 0.551. The molecule has 0 unspecified atom stereocenters. The van der Waals surface area contributed by atoms with E-state index in [1.165, 1.54) is 0 Å². The minimum atomic E-state index is 0.551. The summed E-state index contributed by atoms with van der Waals surface area (Å²) < 4.78 is 0. The van der Waals surface area contributed by atoms with Crippen molar-refractivity contribution in [3.8, 4) is 0 Å². The Morgan fingerprint density at radius 2 is 2.64 bits per heavy atom. The van der Waals surface area contributed by atoms with Gasteiger partial charge in [-0.2, -0.15) is 16.4 Å². The van der Waals surface area contributed by atoms with Gasteiger partial charge in [-0.3, -0.25) is 4.79 Å². The molecular weight excluding hydrogens is 160 g/mol. The molecule has 1 heterocycles. The van der Waals surface area contributed by atoms with Gasteiger partial charge in [-0.15, -0.1) is 0 Å². The first-order valence-corrected chi connectivity index (χ1v) is 4.05. The van der Waals surface area contributed by atoms with Crippen LogP contribution in [-0.2, 0) is 4.79 Å². The fraction of sp³-hybridized carbons (Fsp3) is 0.143. The van der Waals surface area contributed by atoms with E-state index in [1.807, 2.05) is 23.8 Å². The second-order valence-corrected chi connectivity index (χ2v) is 2.74. The van der Waals surface area contributed by atoms with E-state index in [2.05, 4.69) is 10.5 Å². The van der Waals surface area contributed by atoms with E-state index < -0.39 is 0 Å². The predicted octanol–water partition coefficient (Wildman–Crippen LogP) is 1.22. The van der Waals surface area contributed by atoms with Crippen LogP contribution in [-0.4, -0.2) is 12.1 Å². The third kappa shape index (κ3) is 2.16. The van der Waals surface area contributed by atoms with Crippen molar-refractivity contribution in [2.45, 2.75) is 6.92 Å². The van der Waals surface area contributed by atoms with Gasteiger partial charge in [-0.1, -0.05) is 0 Å². The van der Waals surface area contributed by atoms with Crippen LogP contribution in [0.15, 0.2) is 21.9 Å². The number of thiophene rings is 1. The van der Waals surface area contributed by atoms with Crippen LogP contribution in [0, 0.1) is 0 Å². The number of hydrogen-bond acceptors (Lipinski definition) is 3. The molecule has 0 atom stereocenters. The van der Waals surface area contributed by atoms with Gasteiger partial charge in [0.25, 0.3) is 0 Å². The highest BCUT2D eigenvalue weighted by Crippen LogP contribution is 2.06. The molecule has 0 aliphatic heterocycles. The summed E-state index contributed by atoms with van der Waals surface area (Å²) in [5.74, 6) is 0. The monoisotopic (exact) mass is 168 g/mol. The summed E-state index contributed by atoms with van der Waals surface area (Å²) in [7, 11) is 0. The lowest BCUT2D eigenvalue weighted by molar-refractivity contribution is -0.109. The molecule has 1 amide bonds. The number of rotatable bonds is 3. The van der Waals surface area contributed by atoms with Crippen molar-refractivity contribution in [2.75, 3.05) is 0 Å². The fourth-order valence-electron chi connectivity index (χ4n) is 0.658. The zero-order chi connectivity index (χ0) is 8.10. The summed E-state index contributed by atoms with van der Waals surface area (Å²) in [4.78, 5) is 9.86. The first kappa shape index (κ1) is 7.94. The van der Waals surface area contributed by atoms with Crippen LogP contribution in [0.3, 0.4) is 0 Å². The lowest BCUT2D eigenvalue weighted by Gasteiger charge is -1.92. The summed E-state index contributed by atoms with van der Waals surface area (Å²) >= 11 is 1.60. The third-order valence-electron chi connectivity index (χ3n) is 1.22. The number of nitrogens with zero attached hydrogens (tertiary/aromatic N) is 1. The van der Waals surface area contributed by atoms with Gasteiger partial charge >= 0.3 is 0 Å². The molecule has 0 radical (unpaired) electrons. The molecule has 11 heavy (non-hydrogen) atoms. The van der Waals surface area contributed by atoms with E-state index in [1.54, 1.807) is 11.3 Å². The van der Waals surface area contributed by atoms with Crippen molar-refractivity contribution in [2.24, 2.45) is 5.10 Å². The highest BCUT2D eigenvalue weighted by molar-refractivity contribution is 7.08. The predicted molar refractivity (Wildman–Crippen MR) is 45.7 cm³/mol. The van der Waals surface area contributed by atoms with Crippen molar-refractivity contribution >= 4 is 23.5 Å². The van der Waals surface area contributed by atoms with Crippen molar-refractivity contribution in [1.82, 2.24) is 5.43 Å². The van der Waals surface area contributed by atoms with E-state index in [-0.39, 0.29) is 0 Å². The smallest absolute Gasteiger partial charge is 0.227 e. The van der Waals surface area contributed by atoms with Crippen LogP contribution in [0.5, 0.6) is 0 Å². The Morgan fingerprint density at radius 3 is 3.18 bits per heavy atom. The molecular formula is C7H8N2OS. The summed E-state index contributed by atoms with van der Waals surface area (Å²) in [6, 6.07) is 1.95.